The van der Waals surface area contributed by atoms with Crippen molar-refractivity contribution in [3.8, 4) is 5.75 Å². The van der Waals surface area contributed by atoms with Crippen LogP contribution in [0.15, 0.2) is 36.4 Å². The maximum atomic E-state index is 10.1. The summed E-state index contributed by atoms with van der Waals surface area (Å²) in [6.45, 7) is 0.524. The highest BCUT2D eigenvalue weighted by Gasteiger charge is 2.13. The van der Waals surface area contributed by atoms with Crippen LogP contribution in [0.2, 0.25) is 0 Å². The molecule has 1 heterocycles. The molecule has 0 aliphatic heterocycles. The Morgan fingerprint density at radius 1 is 1.11 bits per heavy atom. The normalized spacial score (nSPS) is 11.4. The van der Waals surface area contributed by atoms with Crippen LogP contribution in [0, 0.1) is 0 Å². The fourth-order valence-corrected chi connectivity index (χ4v) is 2.51. The monoisotopic (exact) mass is 242 g/mol. The summed E-state index contributed by atoms with van der Waals surface area (Å²) in [5, 5.41) is 21.0. The lowest BCUT2D eigenvalue weighted by Gasteiger charge is -2.05. The second-order valence-corrected chi connectivity index (χ2v) is 4.33. The molecule has 0 spiro atoms. The number of nitrogens with two attached hydrogens (primary N) is 1. The summed E-state index contributed by atoms with van der Waals surface area (Å²) in [5.74, 6) is 0.179. The van der Waals surface area contributed by atoms with Gasteiger partial charge >= 0.3 is 0 Å². The number of phenolic OH excluding ortho intramolecular Hbond substituents is 1. The largest absolute Gasteiger partial charge is 0.507 e. The molecule has 0 saturated carbocycles. The molecule has 0 radical (unpaired) electrons. The van der Waals surface area contributed by atoms with Gasteiger partial charge in [-0.25, -0.2) is 0 Å². The summed E-state index contributed by atoms with van der Waals surface area (Å²) >= 11 is 0. The molecule has 4 nitrogen and oxygen atoms in total. The van der Waals surface area contributed by atoms with Gasteiger partial charge in [0.1, 0.15) is 5.75 Å². The highest BCUT2D eigenvalue weighted by molar-refractivity contribution is 6.11. The minimum Gasteiger partial charge on any atom is -0.507 e. The molecule has 1 aromatic heterocycles. The van der Waals surface area contributed by atoms with Gasteiger partial charge in [0, 0.05) is 34.6 Å². The number of para-hydroxylation sites is 1. The van der Waals surface area contributed by atoms with Crippen LogP contribution < -0.4 is 5.73 Å². The Labute approximate surface area is 104 Å². The number of aromatic nitrogens is 1. The van der Waals surface area contributed by atoms with Crippen molar-refractivity contribution in [2.24, 2.45) is 0 Å². The lowest BCUT2D eigenvalue weighted by molar-refractivity contribution is 0.280. The Balaban J connectivity index is 2.53. The quantitative estimate of drug-likeness (QED) is 0.602. The van der Waals surface area contributed by atoms with Gasteiger partial charge in [0.05, 0.1) is 12.1 Å². The summed E-state index contributed by atoms with van der Waals surface area (Å²) in [7, 11) is 0. The van der Waals surface area contributed by atoms with Crippen LogP contribution in [0.1, 0.15) is 0 Å². The van der Waals surface area contributed by atoms with E-state index in [4.69, 9.17) is 5.73 Å². The van der Waals surface area contributed by atoms with E-state index in [1.807, 2.05) is 34.9 Å². The van der Waals surface area contributed by atoms with Crippen LogP contribution in [0.3, 0.4) is 0 Å². The molecule has 18 heavy (non-hydrogen) atoms. The highest BCUT2D eigenvalue weighted by atomic mass is 16.3. The first-order chi connectivity index (χ1) is 8.72. The molecule has 4 heteroatoms. The summed E-state index contributed by atoms with van der Waals surface area (Å²) in [5.41, 5.74) is 8.13. The number of hydrogen-bond acceptors (Lipinski definition) is 3. The van der Waals surface area contributed by atoms with Gasteiger partial charge in [0.15, 0.2) is 0 Å². The van der Waals surface area contributed by atoms with Crippen molar-refractivity contribution in [2.75, 3.05) is 12.3 Å². The van der Waals surface area contributed by atoms with Crippen LogP contribution in [0.5, 0.6) is 5.75 Å². The van der Waals surface area contributed by atoms with Gasteiger partial charge in [-0.05, 0) is 12.1 Å². The Morgan fingerprint density at radius 3 is 2.67 bits per heavy atom. The molecule has 0 saturated heterocycles. The van der Waals surface area contributed by atoms with E-state index in [1.165, 1.54) is 0 Å². The number of nitrogen functional groups attached to an aromatic ring is 1. The van der Waals surface area contributed by atoms with Crippen molar-refractivity contribution < 1.29 is 10.2 Å². The molecule has 0 bridgehead atoms. The van der Waals surface area contributed by atoms with Gasteiger partial charge < -0.3 is 20.5 Å². The molecule has 4 N–H and O–H groups in total. The molecule has 0 atom stereocenters. The maximum Gasteiger partial charge on any atom is 0.127 e. The molecular weight excluding hydrogens is 228 g/mol. The molecule has 92 valence electrons. The smallest absolute Gasteiger partial charge is 0.127 e. The molecule has 0 unspecified atom stereocenters. The zero-order chi connectivity index (χ0) is 12.7. The van der Waals surface area contributed by atoms with E-state index in [0.29, 0.717) is 12.2 Å². The summed E-state index contributed by atoms with van der Waals surface area (Å²) in [4.78, 5) is 0. The molecule has 0 amide bonds. The van der Waals surface area contributed by atoms with E-state index in [0.717, 1.165) is 21.8 Å². The number of aliphatic hydroxyl groups excluding tert-OH is 1. The van der Waals surface area contributed by atoms with E-state index in [9.17, 15) is 10.2 Å². The number of nitrogens with zero attached hydrogens (tertiary/aromatic N) is 1. The SMILES string of the molecule is Nc1cc(O)c2c3ccccc3n(CCO)c2c1. The van der Waals surface area contributed by atoms with Gasteiger partial charge in [0.2, 0.25) is 0 Å². The third-order valence-electron chi connectivity index (χ3n) is 3.20. The summed E-state index contributed by atoms with van der Waals surface area (Å²) < 4.78 is 1.97. The Morgan fingerprint density at radius 2 is 1.89 bits per heavy atom. The second kappa shape index (κ2) is 3.92. The van der Waals surface area contributed by atoms with Crippen molar-refractivity contribution in [3.63, 3.8) is 0 Å². The van der Waals surface area contributed by atoms with Gasteiger partial charge in [-0.2, -0.15) is 0 Å². The van der Waals surface area contributed by atoms with Gasteiger partial charge in [-0.3, -0.25) is 0 Å². The Hall–Kier alpha value is -2.20. The van der Waals surface area contributed by atoms with E-state index in [1.54, 1.807) is 6.07 Å². The van der Waals surface area contributed by atoms with Gasteiger partial charge in [-0.15, -0.1) is 0 Å². The number of phenols is 1. The zero-order valence-electron chi connectivity index (χ0n) is 9.80. The van der Waals surface area contributed by atoms with Crippen LogP contribution >= 0.6 is 0 Å². The number of benzene rings is 2. The Kier molecular flexibility index (Phi) is 2.38. The minimum atomic E-state index is 0.0450. The second-order valence-electron chi connectivity index (χ2n) is 4.33. The van der Waals surface area contributed by atoms with E-state index in [-0.39, 0.29) is 12.4 Å². The first-order valence-corrected chi connectivity index (χ1v) is 5.82. The molecule has 0 fully saturated rings. The number of aliphatic hydroxyl groups is 1. The molecule has 0 aliphatic carbocycles. The number of rotatable bonds is 2. The average Bonchev–Trinajstić information content (AvgIpc) is 2.65. The van der Waals surface area contributed by atoms with Gasteiger partial charge in [-0.1, -0.05) is 18.2 Å². The van der Waals surface area contributed by atoms with Gasteiger partial charge in [0.25, 0.3) is 0 Å². The minimum absolute atomic E-state index is 0.0450. The first-order valence-electron chi connectivity index (χ1n) is 5.82. The number of anilines is 1. The standard InChI is InChI=1S/C14H14N2O2/c15-9-7-12-14(13(18)8-9)10-3-1-2-4-11(10)16(12)5-6-17/h1-4,7-8,17-18H,5-6,15H2. The molecular formula is C14H14N2O2. The molecule has 2 aromatic carbocycles. The number of aromatic hydroxyl groups is 1. The van der Waals surface area contributed by atoms with E-state index in [2.05, 4.69) is 0 Å². The third-order valence-corrected chi connectivity index (χ3v) is 3.20. The average molecular weight is 242 g/mol. The maximum absolute atomic E-state index is 10.1. The van der Waals surface area contributed by atoms with Crippen LogP contribution in [0.25, 0.3) is 21.8 Å². The van der Waals surface area contributed by atoms with Crippen molar-refractivity contribution in [3.05, 3.63) is 36.4 Å². The summed E-state index contributed by atoms with van der Waals surface area (Å²) in [6, 6.07) is 11.2. The predicted octanol–water partition coefficient (Wildman–Crippen LogP) is 2.07. The number of hydrogen-bond donors (Lipinski definition) is 3. The third kappa shape index (κ3) is 1.43. The van der Waals surface area contributed by atoms with Crippen LogP contribution in [-0.4, -0.2) is 21.4 Å². The topological polar surface area (TPSA) is 71.4 Å². The Bertz CT molecular complexity index is 731. The van der Waals surface area contributed by atoms with Crippen molar-refractivity contribution >= 4 is 27.5 Å². The molecule has 3 aromatic rings. The van der Waals surface area contributed by atoms with Crippen LogP contribution in [0.4, 0.5) is 5.69 Å². The predicted molar refractivity (Wildman–Crippen MR) is 72.6 cm³/mol. The van der Waals surface area contributed by atoms with Crippen molar-refractivity contribution in [1.82, 2.24) is 4.57 Å². The fourth-order valence-electron chi connectivity index (χ4n) is 2.51. The van der Waals surface area contributed by atoms with E-state index >= 15 is 0 Å². The lowest BCUT2D eigenvalue weighted by Crippen LogP contribution is -2.01. The fraction of sp³-hybridized carbons (Fsp3) is 0.143. The molecule has 3 rings (SSSR count). The first kappa shape index (κ1) is 10.9. The van der Waals surface area contributed by atoms with E-state index < -0.39 is 0 Å². The highest BCUT2D eigenvalue weighted by Crippen LogP contribution is 2.36. The summed E-state index contributed by atoms with van der Waals surface area (Å²) in [6.07, 6.45) is 0. The van der Waals surface area contributed by atoms with Crippen molar-refractivity contribution in [1.29, 1.82) is 0 Å². The zero-order valence-corrected chi connectivity index (χ0v) is 9.80. The number of fused-ring (bicyclic) bond motifs is 3. The van der Waals surface area contributed by atoms with Crippen molar-refractivity contribution in [2.45, 2.75) is 6.54 Å². The lowest BCUT2D eigenvalue weighted by atomic mass is 10.1. The molecule has 0 aliphatic rings. The van der Waals surface area contributed by atoms with Crippen LogP contribution in [-0.2, 0) is 6.54 Å².